The number of rotatable bonds is 6. The SMILES string of the molecule is O=C(Nc1nc(-c2cccs2)c(NC(=O)c2ccccc2)s1)c1ccc([N+](=O)[O-])cc1. The fourth-order valence-corrected chi connectivity index (χ4v) is 4.36. The van der Waals surface area contributed by atoms with Gasteiger partial charge in [-0.05, 0) is 35.7 Å². The molecule has 0 fully saturated rings. The van der Waals surface area contributed by atoms with E-state index in [1.807, 2.05) is 23.6 Å². The van der Waals surface area contributed by atoms with E-state index in [0.717, 1.165) is 16.2 Å². The predicted octanol–water partition coefficient (Wildman–Crippen LogP) is 5.28. The van der Waals surface area contributed by atoms with Gasteiger partial charge in [-0.15, -0.1) is 11.3 Å². The van der Waals surface area contributed by atoms with Gasteiger partial charge in [0.1, 0.15) is 10.7 Å². The number of nitro benzene ring substituents is 1. The molecular formula is C21H14N4O4S2. The number of carbonyl (C=O) groups is 2. The maximum absolute atomic E-state index is 12.6. The Morgan fingerprint density at radius 2 is 1.55 bits per heavy atom. The predicted molar refractivity (Wildman–Crippen MR) is 121 cm³/mol. The van der Waals surface area contributed by atoms with Crippen LogP contribution in [-0.4, -0.2) is 21.7 Å². The summed E-state index contributed by atoms with van der Waals surface area (Å²) in [5.41, 5.74) is 1.22. The molecular weight excluding hydrogens is 436 g/mol. The number of nitro groups is 1. The number of amides is 2. The molecule has 2 aromatic heterocycles. The molecule has 2 aromatic carbocycles. The molecule has 4 aromatic rings. The van der Waals surface area contributed by atoms with Gasteiger partial charge in [-0.2, -0.15) is 0 Å². The lowest BCUT2D eigenvalue weighted by molar-refractivity contribution is -0.384. The molecule has 0 bridgehead atoms. The van der Waals surface area contributed by atoms with Crippen LogP contribution in [0.5, 0.6) is 0 Å². The van der Waals surface area contributed by atoms with Crippen molar-refractivity contribution in [3.05, 3.63) is 93.4 Å². The van der Waals surface area contributed by atoms with E-state index in [1.54, 1.807) is 24.3 Å². The van der Waals surface area contributed by atoms with E-state index < -0.39 is 10.8 Å². The van der Waals surface area contributed by atoms with Crippen LogP contribution in [0.1, 0.15) is 20.7 Å². The molecule has 4 rings (SSSR count). The van der Waals surface area contributed by atoms with Crippen LogP contribution in [0.25, 0.3) is 10.6 Å². The molecule has 2 amide bonds. The molecule has 8 nitrogen and oxygen atoms in total. The Bertz CT molecular complexity index is 1240. The van der Waals surface area contributed by atoms with Crippen molar-refractivity contribution in [2.45, 2.75) is 0 Å². The lowest BCUT2D eigenvalue weighted by atomic mass is 10.2. The van der Waals surface area contributed by atoms with Gasteiger partial charge in [-0.3, -0.25) is 25.0 Å². The van der Waals surface area contributed by atoms with Gasteiger partial charge in [0.2, 0.25) is 0 Å². The first-order chi connectivity index (χ1) is 15.0. The van der Waals surface area contributed by atoms with E-state index >= 15 is 0 Å². The van der Waals surface area contributed by atoms with Crippen LogP contribution in [0.15, 0.2) is 72.1 Å². The fourth-order valence-electron chi connectivity index (χ4n) is 2.71. The molecule has 0 radical (unpaired) electrons. The van der Waals surface area contributed by atoms with Crippen molar-refractivity contribution in [2.75, 3.05) is 10.6 Å². The molecule has 0 atom stereocenters. The van der Waals surface area contributed by atoms with E-state index in [0.29, 0.717) is 21.4 Å². The maximum atomic E-state index is 12.6. The number of aromatic nitrogens is 1. The standard InChI is InChI=1S/C21H14N4O4S2/c26-18(13-5-2-1-3-6-13)23-20-17(16-7-4-12-30-16)22-21(31-20)24-19(27)14-8-10-15(11-9-14)25(28)29/h1-12H,(H,23,26)(H,22,24,27). The molecule has 10 heteroatoms. The number of anilines is 2. The third kappa shape index (κ3) is 4.65. The van der Waals surface area contributed by atoms with Crippen molar-refractivity contribution in [2.24, 2.45) is 0 Å². The molecule has 0 aliphatic heterocycles. The van der Waals surface area contributed by atoms with Gasteiger partial charge >= 0.3 is 0 Å². The van der Waals surface area contributed by atoms with Gasteiger partial charge in [-0.25, -0.2) is 4.98 Å². The zero-order chi connectivity index (χ0) is 21.8. The Kier molecular flexibility index (Phi) is 5.83. The summed E-state index contributed by atoms with van der Waals surface area (Å²) in [6, 6.07) is 17.8. The third-order valence-corrected chi connectivity index (χ3v) is 5.97. The number of benzene rings is 2. The number of hydrogen-bond donors (Lipinski definition) is 2. The van der Waals surface area contributed by atoms with Crippen LogP contribution >= 0.6 is 22.7 Å². The minimum absolute atomic E-state index is 0.100. The summed E-state index contributed by atoms with van der Waals surface area (Å²) in [7, 11) is 0. The highest BCUT2D eigenvalue weighted by Crippen LogP contribution is 2.38. The summed E-state index contributed by atoms with van der Waals surface area (Å²) < 4.78 is 0. The van der Waals surface area contributed by atoms with Gasteiger partial charge in [0.05, 0.1) is 9.80 Å². The summed E-state index contributed by atoms with van der Waals surface area (Å²) in [5.74, 6) is -0.738. The molecule has 0 saturated heterocycles. The Morgan fingerprint density at radius 1 is 0.871 bits per heavy atom. The average Bonchev–Trinajstić information content (AvgIpc) is 3.44. The van der Waals surface area contributed by atoms with Crippen molar-refractivity contribution in [3.8, 4) is 10.6 Å². The van der Waals surface area contributed by atoms with E-state index in [9.17, 15) is 19.7 Å². The Balaban J connectivity index is 1.58. The Hall–Kier alpha value is -3.89. The monoisotopic (exact) mass is 450 g/mol. The largest absolute Gasteiger partial charge is 0.312 e. The second kappa shape index (κ2) is 8.86. The minimum Gasteiger partial charge on any atom is -0.312 e. The van der Waals surface area contributed by atoms with Crippen molar-refractivity contribution in [3.63, 3.8) is 0 Å². The smallest absolute Gasteiger partial charge is 0.269 e. The summed E-state index contributed by atoms with van der Waals surface area (Å²) in [4.78, 5) is 40.7. The van der Waals surface area contributed by atoms with E-state index in [2.05, 4.69) is 15.6 Å². The quantitative estimate of drug-likeness (QED) is 0.306. The zero-order valence-corrected chi connectivity index (χ0v) is 17.4. The average molecular weight is 451 g/mol. The molecule has 0 spiro atoms. The van der Waals surface area contributed by atoms with Gasteiger partial charge in [-0.1, -0.05) is 35.6 Å². The van der Waals surface area contributed by atoms with Gasteiger partial charge < -0.3 is 5.32 Å². The van der Waals surface area contributed by atoms with E-state index in [-0.39, 0.29) is 17.2 Å². The highest BCUT2D eigenvalue weighted by atomic mass is 32.1. The number of nitrogens with one attached hydrogen (secondary N) is 2. The summed E-state index contributed by atoms with van der Waals surface area (Å²) in [5, 5.41) is 19.0. The van der Waals surface area contributed by atoms with Crippen molar-refractivity contribution >= 4 is 50.3 Å². The lowest BCUT2D eigenvalue weighted by Gasteiger charge is -2.04. The van der Waals surface area contributed by atoms with Crippen LogP contribution in [-0.2, 0) is 0 Å². The van der Waals surface area contributed by atoms with Gasteiger partial charge in [0.25, 0.3) is 17.5 Å². The Morgan fingerprint density at radius 3 is 2.19 bits per heavy atom. The maximum Gasteiger partial charge on any atom is 0.269 e. The highest BCUT2D eigenvalue weighted by Gasteiger charge is 2.19. The lowest BCUT2D eigenvalue weighted by Crippen LogP contribution is -2.11. The molecule has 154 valence electrons. The summed E-state index contributed by atoms with van der Waals surface area (Å²) in [6.07, 6.45) is 0. The number of hydrogen-bond acceptors (Lipinski definition) is 7. The Labute approximate surface area is 184 Å². The first-order valence-electron chi connectivity index (χ1n) is 8.98. The molecule has 31 heavy (non-hydrogen) atoms. The second-order valence-corrected chi connectivity index (χ2v) is 8.20. The van der Waals surface area contributed by atoms with Crippen LogP contribution < -0.4 is 10.6 Å². The first-order valence-corrected chi connectivity index (χ1v) is 10.7. The van der Waals surface area contributed by atoms with E-state index in [1.165, 1.54) is 35.6 Å². The molecule has 2 heterocycles. The molecule has 0 saturated carbocycles. The van der Waals surface area contributed by atoms with Crippen molar-refractivity contribution < 1.29 is 14.5 Å². The molecule has 2 N–H and O–H groups in total. The normalized spacial score (nSPS) is 10.5. The van der Waals surface area contributed by atoms with Crippen LogP contribution in [0.2, 0.25) is 0 Å². The summed E-state index contributed by atoms with van der Waals surface area (Å²) >= 11 is 2.60. The molecule has 0 aliphatic rings. The number of thiophene rings is 1. The number of carbonyl (C=O) groups excluding carboxylic acids is 2. The zero-order valence-electron chi connectivity index (χ0n) is 15.8. The fraction of sp³-hybridized carbons (Fsp3) is 0. The number of non-ortho nitro benzene ring substituents is 1. The minimum atomic E-state index is -0.530. The molecule has 0 aliphatic carbocycles. The van der Waals surface area contributed by atoms with Crippen molar-refractivity contribution in [1.82, 2.24) is 4.98 Å². The topological polar surface area (TPSA) is 114 Å². The number of nitrogens with zero attached hydrogens (tertiary/aromatic N) is 2. The second-order valence-electron chi connectivity index (χ2n) is 6.25. The third-order valence-electron chi connectivity index (χ3n) is 4.21. The highest BCUT2D eigenvalue weighted by molar-refractivity contribution is 7.21. The van der Waals surface area contributed by atoms with E-state index in [4.69, 9.17) is 0 Å². The van der Waals surface area contributed by atoms with Gasteiger partial charge in [0, 0.05) is 23.3 Å². The first kappa shape index (κ1) is 20.4. The summed E-state index contributed by atoms with van der Waals surface area (Å²) in [6.45, 7) is 0. The van der Waals surface area contributed by atoms with Crippen LogP contribution in [0, 0.1) is 10.1 Å². The van der Waals surface area contributed by atoms with Crippen LogP contribution in [0.3, 0.4) is 0 Å². The molecule has 0 unspecified atom stereocenters. The van der Waals surface area contributed by atoms with Gasteiger partial charge in [0.15, 0.2) is 5.13 Å². The van der Waals surface area contributed by atoms with Crippen LogP contribution in [0.4, 0.5) is 15.8 Å². The number of thiazole rings is 1. The van der Waals surface area contributed by atoms with Crippen molar-refractivity contribution in [1.29, 1.82) is 0 Å².